The van der Waals surface area contributed by atoms with Crippen LogP contribution in [-0.4, -0.2) is 31.4 Å². The Bertz CT molecular complexity index is 847. The van der Waals surface area contributed by atoms with E-state index < -0.39 is 10.0 Å². The van der Waals surface area contributed by atoms with Gasteiger partial charge in [0, 0.05) is 17.3 Å². The number of nitrogens with one attached hydrogen (secondary N) is 1. The number of halogens is 1. The van der Waals surface area contributed by atoms with Crippen LogP contribution in [0.3, 0.4) is 0 Å². The van der Waals surface area contributed by atoms with Crippen molar-refractivity contribution in [3.8, 4) is 0 Å². The Morgan fingerprint density at radius 1 is 1.08 bits per heavy atom. The molecule has 0 saturated heterocycles. The number of sulfonamides is 1. The highest BCUT2D eigenvalue weighted by atomic mass is 35.5. The fourth-order valence-corrected chi connectivity index (χ4v) is 3.26. The van der Waals surface area contributed by atoms with Crippen molar-refractivity contribution >= 4 is 33.2 Å². The lowest BCUT2D eigenvalue weighted by Gasteiger charge is -2.19. The third kappa shape index (κ3) is 6.12. The largest absolute Gasteiger partial charge is 0.325 e. The molecular formula is C19H23ClN2O3S. The van der Waals surface area contributed by atoms with E-state index in [-0.39, 0.29) is 19.0 Å². The van der Waals surface area contributed by atoms with Gasteiger partial charge in [-0.2, -0.15) is 4.31 Å². The van der Waals surface area contributed by atoms with E-state index in [1.165, 1.54) is 5.56 Å². The van der Waals surface area contributed by atoms with Gasteiger partial charge in [-0.25, -0.2) is 8.42 Å². The van der Waals surface area contributed by atoms with Crippen molar-refractivity contribution < 1.29 is 13.2 Å². The van der Waals surface area contributed by atoms with Gasteiger partial charge in [-0.1, -0.05) is 49.7 Å². The van der Waals surface area contributed by atoms with Crippen LogP contribution in [0, 0.1) is 0 Å². The minimum absolute atomic E-state index is 0.107. The molecule has 140 valence electrons. The molecule has 0 spiro atoms. The first kappa shape index (κ1) is 20.4. The van der Waals surface area contributed by atoms with Crippen molar-refractivity contribution in [3.63, 3.8) is 0 Å². The summed E-state index contributed by atoms with van der Waals surface area (Å²) in [5.41, 5.74) is 2.57. The molecule has 0 unspecified atom stereocenters. The maximum atomic E-state index is 12.3. The highest BCUT2D eigenvalue weighted by molar-refractivity contribution is 7.88. The Balaban J connectivity index is 2.05. The molecule has 0 aliphatic rings. The second-order valence-corrected chi connectivity index (χ2v) is 8.90. The van der Waals surface area contributed by atoms with Crippen molar-refractivity contribution in [2.75, 3.05) is 18.1 Å². The lowest BCUT2D eigenvalue weighted by atomic mass is 10.0. The number of benzene rings is 2. The first-order valence-electron chi connectivity index (χ1n) is 8.24. The predicted molar refractivity (Wildman–Crippen MR) is 106 cm³/mol. The minimum atomic E-state index is -3.54. The molecule has 0 heterocycles. The summed E-state index contributed by atoms with van der Waals surface area (Å²) in [5, 5.41) is 3.31. The van der Waals surface area contributed by atoms with Gasteiger partial charge in [0.1, 0.15) is 0 Å². The summed E-state index contributed by atoms with van der Waals surface area (Å²) in [5.74, 6) is 0.0153. The third-order valence-electron chi connectivity index (χ3n) is 3.92. The molecule has 0 fully saturated rings. The summed E-state index contributed by atoms with van der Waals surface area (Å²) in [6, 6.07) is 14.4. The lowest BCUT2D eigenvalue weighted by Crippen LogP contribution is -2.36. The monoisotopic (exact) mass is 394 g/mol. The molecule has 0 aliphatic heterocycles. The molecule has 26 heavy (non-hydrogen) atoms. The maximum Gasteiger partial charge on any atom is 0.239 e. The fourth-order valence-electron chi connectivity index (χ4n) is 2.40. The van der Waals surface area contributed by atoms with Crippen LogP contribution < -0.4 is 5.32 Å². The van der Waals surface area contributed by atoms with Gasteiger partial charge in [0.15, 0.2) is 0 Å². The Kier molecular flexibility index (Phi) is 6.81. The van der Waals surface area contributed by atoms with Crippen LogP contribution in [0.4, 0.5) is 5.69 Å². The molecule has 0 aromatic heterocycles. The second kappa shape index (κ2) is 8.66. The van der Waals surface area contributed by atoms with Crippen molar-refractivity contribution in [1.29, 1.82) is 0 Å². The molecule has 0 aliphatic carbocycles. The van der Waals surface area contributed by atoms with E-state index in [9.17, 15) is 13.2 Å². The number of hydrogen-bond acceptors (Lipinski definition) is 3. The van der Waals surface area contributed by atoms with E-state index in [0.717, 1.165) is 16.1 Å². The topological polar surface area (TPSA) is 66.5 Å². The molecule has 0 radical (unpaired) electrons. The first-order chi connectivity index (χ1) is 12.1. The average molecular weight is 395 g/mol. The number of carbonyl (C=O) groups is 1. The van der Waals surface area contributed by atoms with Gasteiger partial charge in [0.2, 0.25) is 15.9 Å². The van der Waals surface area contributed by atoms with Crippen molar-refractivity contribution in [2.24, 2.45) is 0 Å². The molecule has 0 atom stereocenters. The molecule has 1 amide bonds. The SMILES string of the molecule is CC(C)c1ccc(NC(=O)CN(Cc2ccc(Cl)cc2)S(C)(=O)=O)cc1. The molecular weight excluding hydrogens is 372 g/mol. The van der Waals surface area contributed by atoms with Crippen LogP contribution in [0.15, 0.2) is 48.5 Å². The van der Waals surface area contributed by atoms with Gasteiger partial charge in [0.05, 0.1) is 12.8 Å². The summed E-state index contributed by atoms with van der Waals surface area (Å²) in [7, 11) is -3.54. The Labute approximate surface area is 160 Å². The standard InChI is InChI=1S/C19H23ClN2O3S/c1-14(2)16-6-10-18(11-7-16)21-19(23)13-22(26(3,24)25)12-15-4-8-17(20)9-5-15/h4-11,14H,12-13H2,1-3H3,(H,21,23). The van der Waals surface area contributed by atoms with Gasteiger partial charge in [-0.3, -0.25) is 4.79 Å². The van der Waals surface area contributed by atoms with Crippen LogP contribution >= 0.6 is 11.6 Å². The molecule has 5 nitrogen and oxygen atoms in total. The molecule has 0 saturated carbocycles. The molecule has 2 aromatic rings. The van der Waals surface area contributed by atoms with E-state index in [1.807, 2.05) is 24.3 Å². The zero-order chi connectivity index (χ0) is 19.3. The summed E-state index contributed by atoms with van der Waals surface area (Å²) in [6.45, 7) is 4.03. The number of hydrogen-bond donors (Lipinski definition) is 1. The highest BCUT2D eigenvalue weighted by Gasteiger charge is 2.20. The van der Waals surface area contributed by atoms with Crippen molar-refractivity contribution in [1.82, 2.24) is 4.31 Å². The zero-order valence-corrected chi connectivity index (χ0v) is 16.6. The van der Waals surface area contributed by atoms with E-state index in [4.69, 9.17) is 11.6 Å². The normalized spacial score (nSPS) is 11.8. The summed E-state index contributed by atoms with van der Waals surface area (Å²) >= 11 is 5.85. The maximum absolute atomic E-state index is 12.3. The van der Waals surface area contributed by atoms with Crippen LogP contribution in [0.5, 0.6) is 0 Å². The Morgan fingerprint density at radius 2 is 1.65 bits per heavy atom. The molecule has 1 N–H and O–H groups in total. The number of rotatable bonds is 7. The molecule has 2 aromatic carbocycles. The third-order valence-corrected chi connectivity index (χ3v) is 5.37. The minimum Gasteiger partial charge on any atom is -0.325 e. The summed E-state index contributed by atoms with van der Waals surface area (Å²) < 4.78 is 25.2. The van der Waals surface area contributed by atoms with Crippen LogP contribution in [0.2, 0.25) is 5.02 Å². The molecule has 7 heteroatoms. The smallest absolute Gasteiger partial charge is 0.239 e. The molecule has 0 bridgehead atoms. The van der Waals surface area contributed by atoms with E-state index in [0.29, 0.717) is 16.6 Å². The number of amides is 1. The van der Waals surface area contributed by atoms with Gasteiger partial charge in [-0.15, -0.1) is 0 Å². The van der Waals surface area contributed by atoms with Crippen molar-refractivity contribution in [2.45, 2.75) is 26.3 Å². The Hall–Kier alpha value is -1.89. The average Bonchev–Trinajstić information content (AvgIpc) is 2.56. The predicted octanol–water partition coefficient (Wildman–Crippen LogP) is 3.86. The van der Waals surface area contributed by atoms with E-state index in [2.05, 4.69) is 19.2 Å². The lowest BCUT2D eigenvalue weighted by molar-refractivity contribution is -0.116. The van der Waals surface area contributed by atoms with Gasteiger partial charge >= 0.3 is 0 Å². The second-order valence-electron chi connectivity index (χ2n) is 6.48. The number of anilines is 1. The number of nitrogens with zero attached hydrogens (tertiary/aromatic N) is 1. The van der Waals surface area contributed by atoms with Crippen LogP contribution in [0.25, 0.3) is 0 Å². The highest BCUT2D eigenvalue weighted by Crippen LogP contribution is 2.17. The fraction of sp³-hybridized carbons (Fsp3) is 0.316. The van der Waals surface area contributed by atoms with Crippen molar-refractivity contribution in [3.05, 3.63) is 64.7 Å². The molecule has 2 rings (SSSR count). The quantitative estimate of drug-likeness (QED) is 0.775. The Morgan fingerprint density at radius 3 is 2.15 bits per heavy atom. The van der Waals surface area contributed by atoms with E-state index in [1.54, 1.807) is 24.3 Å². The number of carbonyl (C=O) groups excluding carboxylic acids is 1. The zero-order valence-electron chi connectivity index (χ0n) is 15.1. The van der Waals surface area contributed by atoms with Gasteiger partial charge in [0.25, 0.3) is 0 Å². The first-order valence-corrected chi connectivity index (χ1v) is 10.5. The van der Waals surface area contributed by atoms with Crippen LogP contribution in [-0.2, 0) is 21.4 Å². The van der Waals surface area contributed by atoms with Gasteiger partial charge < -0.3 is 5.32 Å². The summed E-state index contributed by atoms with van der Waals surface area (Å²) in [4.78, 5) is 12.3. The van der Waals surface area contributed by atoms with Gasteiger partial charge in [-0.05, 0) is 41.3 Å². The van der Waals surface area contributed by atoms with E-state index >= 15 is 0 Å². The van der Waals surface area contributed by atoms with Crippen LogP contribution in [0.1, 0.15) is 30.9 Å². The summed E-state index contributed by atoms with van der Waals surface area (Å²) in [6.07, 6.45) is 1.09.